The van der Waals surface area contributed by atoms with E-state index in [4.69, 9.17) is 0 Å². The second-order valence-electron chi connectivity index (χ2n) is 15.1. The van der Waals surface area contributed by atoms with E-state index in [1.54, 1.807) is 0 Å². The topological polar surface area (TPSA) is 54.1 Å². The molecule has 0 spiro atoms. The van der Waals surface area contributed by atoms with Crippen LogP contribution in [-0.4, -0.2) is 0 Å². The number of anilines is 6. The van der Waals surface area contributed by atoms with E-state index in [0.29, 0.717) is 11.1 Å². The lowest BCUT2D eigenvalue weighted by atomic mass is 9.85. The van der Waals surface area contributed by atoms with Crippen LogP contribution in [-0.2, 0) is 0 Å². The molecule has 54 heavy (non-hydrogen) atoms. The van der Waals surface area contributed by atoms with Gasteiger partial charge in [0.05, 0.1) is 34.6 Å². The van der Waals surface area contributed by atoms with Crippen molar-refractivity contribution in [2.75, 3.05) is 9.80 Å². The molecule has 0 unspecified atom stereocenters. The number of nitriles is 2. The lowest BCUT2D eigenvalue weighted by Crippen LogP contribution is -2.13. The van der Waals surface area contributed by atoms with Crippen molar-refractivity contribution in [3.05, 3.63) is 166 Å². The predicted octanol–water partition coefficient (Wildman–Crippen LogP) is 13.9. The first-order chi connectivity index (χ1) is 26.0. The zero-order valence-electron chi connectivity index (χ0n) is 31.9. The summed E-state index contributed by atoms with van der Waals surface area (Å²) in [5, 5.41) is 26.6. The fourth-order valence-electron chi connectivity index (χ4n) is 8.39. The van der Waals surface area contributed by atoms with Crippen molar-refractivity contribution in [1.29, 1.82) is 10.5 Å². The Morgan fingerprint density at radius 2 is 0.815 bits per heavy atom. The Bertz CT molecular complexity index is 2770. The van der Waals surface area contributed by atoms with Crippen molar-refractivity contribution in [3.8, 4) is 12.1 Å². The van der Waals surface area contributed by atoms with Crippen LogP contribution < -0.4 is 9.80 Å². The summed E-state index contributed by atoms with van der Waals surface area (Å²) >= 11 is 0. The van der Waals surface area contributed by atoms with E-state index in [0.717, 1.165) is 34.1 Å². The molecule has 0 amide bonds. The largest absolute Gasteiger partial charge is 0.310 e. The van der Waals surface area contributed by atoms with Crippen molar-refractivity contribution < 1.29 is 0 Å². The third-order valence-electron chi connectivity index (χ3n) is 10.6. The Morgan fingerprint density at radius 1 is 0.426 bits per heavy atom. The molecule has 4 nitrogen and oxygen atoms in total. The highest BCUT2D eigenvalue weighted by atomic mass is 15.1. The zero-order valence-corrected chi connectivity index (χ0v) is 31.9. The predicted molar refractivity (Wildman–Crippen MR) is 227 cm³/mol. The summed E-state index contributed by atoms with van der Waals surface area (Å²) in [7, 11) is 0. The summed E-state index contributed by atoms with van der Waals surface area (Å²) in [5.74, 6) is 0.265. The molecule has 262 valence electrons. The third kappa shape index (κ3) is 5.87. The second-order valence-corrected chi connectivity index (χ2v) is 15.1. The summed E-state index contributed by atoms with van der Waals surface area (Å²) < 4.78 is 0. The molecular formula is C50H42N4. The molecule has 8 aromatic carbocycles. The molecule has 0 saturated carbocycles. The van der Waals surface area contributed by atoms with Gasteiger partial charge in [0.1, 0.15) is 0 Å². The molecular weight excluding hydrogens is 657 g/mol. The number of hydrogen-bond donors (Lipinski definition) is 0. The number of nitrogens with zero attached hydrogens (tertiary/aromatic N) is 4. The van der Waals surface area contributed by atoms with E-state index in [1.165, 1.54) is 65.7 Å². The zero-order chi connectivity index (χ0) is 37.8. The van der Waals surface area contributed by atoms with Crippen molar-refractivity contribution in [3.63, 3.8) is 0 Å². The first kappa shape index (κ1) is 34.5. The maximum Gasteiger partial charge on any atom is 0.0991 e. The van der Waals surface area contributed by atoms with E-state index < -0.39 is 0 Å². The van der Waals surface area contributed by atoms with Gasteiger partial charge in [-0.15, -0.1) is 0 Å². The van der Waals surface area contributed by atoms with Crippen LogP contribution in [0.15, 0.2) is 121 Å². The second kappa shape index (κ2) is 13.4. The molecule has 0 bridgehead atoms. The molecule has 0 aromatic heterocycles. The molecule has 0 aliphatic rings. The maximum absolute atomic E-state index is 9.67. The van der Waals surface area contributed by atoms with Gasteiger partial charge in [-0.05, 0) is 180 Å². The van der Waals surface area contributed by atoms with Gasteiger partial charge in [0, 0.05) is 33.5 Å². The number of aryl methyl sites for hydroxylation is 5. The van der Waals surface area contributed by atoms with Gasteiger partial charge in [-0.25, -0.2) is 0 Å². The van der Waals surface area contributed by atoms with Crippen LogP contribution in [0.5, 0.6) is 0 Å². The molecule has 0 aliphatic heterocycles. The molecule has 0 saturated heterocycles. The van der Waals surface area contributed by atoms with Gasteiger partial charge in [0.15, 0.2) is 0 Å². The summed E-state index contributed by atoms with van der Waals surface area (Å²) in [6.07, 6.45) is 0. The lowest BCUT2D eigenvalue weighted by molar-refractivity contribution is 0.876. The highest BCUT2D eigenvalue weighted by Gasteiger charge is 2.25. The van der Waals surface area contributed by atoms with Crippen LogP contribution in [0.3, 0.4) is 0 Å². The fraction of sp³-hybridized carbons (Fsp3) is 0.160. The first-order valence-corrected chi connectivity index (χ1v) is 18.6. The summed E-state index contributed by atoms with van der Waals surface area (Å²) in [5.41, 5.74) is 14.9. The SMILES string of the molecule is Cc1cc(C)cc(N(c2ccc(C#N)cc2)c2cc(C)c3ccc4c(N(c5ccc(C#N)cc5)c5cc(C)cc(C)c5)cc(C(C)C)c5ccc2c3c54)c1. The maximum atomic E-state index is 9.67. The summed E-state index contributed by atoms with van der Waals surface area (Å²) in [6.45, 7) is 15.4. The van der Waals surface area contributed by atoms with E-state index in [9.17, 15) is 10.5 Å². The van der Waals surface area contributed by atoms with Gasteiger partial charge >= 0.3 is 0 Å². The van der Waals surface area contributed by atoms with Crippen molar-refractivity contribution in [1.82, 2.24) is 0 Å². The smallest absolute Gasteiger partial charge is 0.0991 e. The minimum atomic E-state index is 0.265. The van der Waals surface area contributed by atoms with Crippen LogP contribution in [0.25, 0.3) is 32.3 Å². The van der Waals surface area contributed by atoms with Gasteiger partial charge in [0.25, 0.3) is 0 Å². The Morgan fingerprint density at radius 3 is 1.24 bits per heavy atom. The quantitative estimate of drug-likeness (QED) is 0.156. The van der Waals surface area contributed by atoms with Crippen molar-refractivity contribution in [2.45, 2.75) is 54.4 Å². The van der Waals surface area contributed by atoms with Gasteiger partial charge in [-0.2, -0.15) is 10.5 Å². The Kier molecular flexibility index (Phi) is 8.56. The molecule has 8 aromatic rings. The third-order valence-corrected chi connectivity index (χ3v) is 10.6. The van der Waals surface area contributed by atoms with E-state index in [1.807, 2.05) is 24.3 Å². The molecule has 4 heteroatoms. The highest BCUT2D eigenvalue weighted by Crippen LogP contribution is 2.50. The summed E-state index contributed by atoms with van der Waals surface area (Å²) in [4.78, 5) is 4.72. The van der Waals surface area contributed by atoms with Gasteiger partial charge in [-0.1, -0.05) is 50.2 Å². The molecule has 8 rings (SSSR count). The Labute approximate surface area is 318 Å². The van der Waals surface area contributed by atoms with E-state index in [2.05, 4.69) is 167 Å². The van der Waals surface area contributed by atoms with Crippen molar-refractivity contribution >= 4 is 66.4 Å². The standard InChI is InChI=1S/C50H42N4/c1-30(2)46-27-48(54(39-14-10-37(29-52)11-15-39)41-24-33(5)21-34(6)25-41)45-18-16-42-35(7)26-47(44-19-17-43(46)50(45)49(42)44)53(38-12-8-36(28-51)9-13-38)40-22-31(3)20-32(4)23-40/h8-27,30H,1-7H3. The van der Waals surface area contributed by atoms with Crippen LogP contribution >= 0.6 is 0 Å². The minimum Gasteiger partial charge on any atom is -0.310 e. The Balaban J connectivity index is 1.49. The van der Waals surface area contributed by atoms with Crippen molar-refractivity contribution in [2.24, 2.45) is 0 Å². The molecule has 0 aliphatic carbocycles. The average molecular weight is 699 g/mol. The van der Waals surface area contributed by atoms with Crippen LogP contribution in [0.1, 0.15) is 64.3 Å². The molecule has 0 radical (unpaired) electrons. The van der Waals surface area contributed by atoms with Crippen LogP contribution in [0, 0.1) is 57.3 Å². The molecule has 0 atom stereocenters. The first-order valence-electron chi connectivity index (χ1n) is 18.6. The highest BCUT2D eigenvalue weighted by molar-refractivity contribution is 6.29. The number of rotatable bonds is 7. The lowest BCUT2D eigenvalue weighted by Gasteiger charge is -2.31. The van der Waals surface area contributed by atoms with Gasteiger partial charge in [0.2, 0.25) is 0 Å². The molecule has 0 heterocycles. The van der Waals surface area contributed by atoms with Gasteiger partial charge < -0.3 is 9.80 Å². The average Bonchev–Trinajstić information content (AvgIpc) is 3.15. The van der Waals surface area contributed by atoms with Crippen LogP contribution in [0.4, 0.5) is 34.1 Å². The fourth-order valence-corrected chi connectivity index (χ4v) is 8.39. The molecule has 0 fully saturated rings. The number of hydrogen-bond acceptors (Lipinski definition) is 4. The van der Waals surface area contributed by atoms with Gasteiger partial charge in [-0.3, -0.25) is 0 Å². The van der Waals surface area contributed by atoms with Crippen LogP contribution in [0.2, 0.25) is 0 Å². The monoisotopic (exact) mass is 698 g/mol. The molecule has 0 N–H and O–H groups in total. The Hall–Kier alpha value is -6.62. The minimum absolute atomic E-state index is 0.265. The number of benzene rings is 8. The normalized spacial score (nSPS) is 11.4. The van der Waals surface area contributed by atoms with E-state index in [-0.39, 0.29) is 5.92 Å². The summed E-state index contributed by atoms with van der Waals surface area (Å²) in [6, 6.07) is 47.8. The van der Waals surface area contributed by atoms with E-state index >= 15 is 0 Å².